The van der Waals surface area contributed by atoms with Crippen LogP contribution < -0.4 is 16.6 Å². The molecule has 1 aromatic heterocycles. The van der Waals surface area contributed by atoms with Gasteiger partial charge in [0.2, 0.25) is 11.8 Å². The van der Waals surface area contributed by atoms with Gasteiger partial charge in [-0.1, -0.05) is 36.0 Å². The monoisotopic (exact) mass is 396 g/mol. The molecule has 0 bridgehead atoms. The number of carbonyl (C=O) groups is 2. The highest BCUT2D eigenvalue weighted by Gasteiger charge is 2.16. The minimum Gasteiger partial charge on any atom is -0.368 e. The van der Waals surface area contributed by atoms with Crippen LogP contribution in [0.5, 0.6) is 0 Å². The van der Waals surface area contributed by atoms with Crippen molar-refractivity contribution in [3.63, 3.8) is 0 Å². The molecule has 28 heavy (non-hydrogen) atoms. The van der Waals surface area contributed by atoms with E-state index in [0.717, 1.165) is 28.6 Å². The molecule has 0 fully saturated rings. The fraction of sp³-hybridized carbons (Fsp3) is 0.200. The highest BCUT2D eigenvalue weighted by molar-refractivity contribution is 7.99. The first-order chi connectivity index (χ1) is 13.4. The molecular formula is C20H20N4O3S. The Morgan fingerprint density at radius 1 is 1.18 bits per heavy atom. The van der Waals surface area contributed by atoms with Crippen LogP contribution in [0.25, 0.3) is 16.6 Å². The van der Waals surface area contributed by atoms with E-state index in [9.17, 15) is 14.4 Å². The van der Waals surface area contributed by atoms with Crippen LogP contribution in [-0.4, -0.2) is 33.7 Å². The van der Waals surface area contributed by atoms with E-state index in [4.69, 9.17) is 5.73 Å². The predicted octanol–water partition coefficient (Wildman–Crippen LogP) is 1.70. The van der Waals surface area contributed by atoms with Crippen molar-refractivity contribution in [2.45, 2.75) is 19.0 Å². The van der Waals surface area contributed by atoms with Gasteiger partial charge >= 0.3 is 0 Å². The molecule has 0 aliphatic rings. The number of hydrogen-bond donors (Lipinski definition) is 2. The summed E-state index contributed by atoms with van der Waals surface area (Å²) in [6.45, 7) is 3.64. The Hall–Kier alpha value is -3.13. The lowest BCUT2D eigenvalue weighted by molar-refractivity contribution is -0.123. The number of rotatable bonds is 6. The van der Waals surface area contributed by atoms with Gasteiger partial charge in [-0.25, -0.2) is 4.98 Å². The van der Waals surface area contributed by atoms with Crippen LogP contribution in [0.3, 0.4) is 0 Å². The lowest BCUT2D eigenvalue weighted by Crippen LogP contribution is -2.34. The molecule has 0 saturated heterocycles. The van der Waals surface area contributed by atoms with Gasteiger partial charge in [-0.2, -0.15) is 0 Å². The van der Waals surface area contributed by atoms with Crippen LogP contribution in [0.4, 0.5) is 0 Å². The Morgan fingerprint density at radius 3 is 2.68 bits per heavy atom. The number of nitrogens with one attached hydrogen (secondary N) is 1. The van der Waals surface area contributed by atoms with E-state index in [2.05, 4.69) is 10.3 Å². The van der Waals surface area contributed by atoms with E-state index in [-0.39, 0.29) is 23.8 Å². The van der Waals surface area contributed by atoms with E-state index >= 15 is 0 Å². The fourth-order valence-electron chi connectivity index (χ4n) is 2.75. The quantitative estimate of drug-likeness (QED) is 0.487. The summed E-state index contributed by atoms with van der Waals surface area (Å²) in [5.41, 5.74) is 8.07. The minimum absolute atomic E-state index is 0.00290. The van der Waals surface area contributed by atoms with Gasteiger partial charge in [0.25, 0.3) is 5.56 Å². The van der Waals surface area contributed by atoms with Crippen LogP contribution in [0.1, 0.15) is 11.1 Å². The normalized spacial score (nSPS) is 10.8. The summed E-state index contributed by atoms with van der Waals surface area (Å²) >= 11 is 1.13. The summed E-state index contributed by atoms with van der Waals surface area (Å²) in [4.78, 5) is 40.6. The van der Waals surface area contributed by atoms with Crippen molar-refractivity contribution in [3.8, 4) is 5.69 Å². The summed E-state index contributed by atoms with van der Waals surface area (Å²) in [5.74, 6) is -0.976. The third kappa shape index (κ3) is 4.23. The molecule has 3 N–H and O–H groups in total. The number of amides is 2. The maximum absolute atomic E-state index is 13.2. The van der Waals surface area contributed by atoms with E-state index in [0.29, 0.717) is 16.1 Å². The highest BCUT2D eigenvalue weighted by Crippen LogP contribution is 2.23. The second kappa shape index (κ2) is 8.26. The molecule has 0 spiro atoms. The number of benzene rings is 2. The van der Waals surface area contributed by atoms with Crippen molar-refractivity contribution in [2.75, 3.05) is 12.3 Å². The number of nitrogens with zero attached hydrogens (tertiary/aromatic N) is 2. The summed E-state index contributed by atoms with van der Waals surface area (Å²) in [5, 5.41) is 3.35. The van der Waals surface area contributed by atoms with Crippen molar-refractivity contribution in [1.82, 2.24) is 14.9 Å². The molecule has 0 saturated carbocycles. The molecule has 0 aliphatic carbocycles. The first-order valence-corrected chi connectivity index (χ1v) is 9.62. The molecule has 1 heterocycles. The second-order valence-corrected chi connectivity index (χ2v) is 7.32. The van der Waals surface area contributed by atoms with Gasteiger partial charge in [0, 0.05) is 0 Å². The number of para-hydroxylation sites is 1. The first kappa shape index (κ1) is 19.6. The second-order valence-electron chi connectivity index (χ2n) is 6.37. The van der Waals surface area contributed by atoms with Gasteiger partial charge in [-0.3, -0.25) is 19.0 Å². The number of primary amides is 1. The highest BCUT2D eigenvalue weighted by atomic mass is 32.2. The van der Waals surface area contributed by atoms with Crippen molar-refractivity contribution < 1.29 is 9.59 Å². The smallest absolute Gasteiger partial charge is 0.266 e. The van der Waals surface area contributed by atoms with Crippen LogP contribution >= 0.6 is 11.8 Å². The SMILES string of the molecule is Cc1ccc(C)c(-n2c(SCC(=O)NCC(N)=O)nc3ccccc3c2=O)c1. The van der Waals surface area contributed by atoms with Gasteiger partial charge in [0.05, 0.1) is 28.9 Å². The lowest BCUT2D eigenvalue weighted by Gasteiger charge is -2.15. The van der Waals surface area contributed by atoms with E-state index in [1.54, 1.807) is 18.2 Å². The van der Waals surface area contributed by atoms with Crippen molar-refractivity contribution in [2.24, 2.45) is 5.73 Å². The Kier molecular flexibility index (Phi) is 5.79. The number of nitrogens with two attached hydrogens (primary N) is 1. The summed E-state index contributed by atoms with van der Waals surface area (Å²) in [6, 6.07) is 12.9. The van der Waals surface area contributed by atoms with Crippen molar-refractivity contribution >= 4 is 34.5 Å². The minimum atomic E-state index is -0.616. The number of carbonyl (C=O) groups excluding carboxylic acids is 2. The Bertz CT molecular complexity index is 1120. The standard InChI is InChI=1S/C20H20N4O3S/c1-12-7-8-13(2)16(9-12)24-19(27)14-5-3-4-6-15(14)23-20(24)28-11-18(26)22-10-17(21)25/h3-9H,10-11H2,1-2H3,(H2,21,25)(H,22,26). The summed E-state index contributed by atoms with van der Waals surface area (Å²) < 4.78 is 1.54. The van der Waals surface area contributed by atoms with Gasteiger partial charge in [-0.05, 0) is 43.2 Å². The average Bonchev–Trinajstić information content (AvgIpc) is 2.67. The average molecular weight is 396 g/mol. The van der Waals surface area contributed by atoms with Crippen LogP contribution in [-0.2, 0) is 9.59 Å². The zero-order valence-corrected chi connectivity index (χ0v) is 16.4. The molecule has 0 atom stereocenters. The number of hydrogen-bond acceptors (Lipinski definition) is 5. The number of aromatic nitrogens is 2. The van der Waals surface area contributed by atoms with Gasteiger partial charge in [-0.15, -0.1) is 0 Å². The molecule has 7 nitrogen and oxygen atoms in total. The molecule has 0 radical (unpaired) electrons. The van der Waals surface area contributed by atoms with Crippen molar-refractivity contribution in [3.05, 3.63) is 63.9 Å². The zero-order valence-electron chi connectivity index (χ0n) is 15.6. The molecule has 0 unspecified atom stereocenters. The molecule has 3 rings (SSSR count). The number of thioether (sulfide) groups is 1. The third-order valence-corrected chi connectivity index (χ3v) is 5.08. The van der Waals surface area contributed by atoms with Gasteiger partial charge in [0.1, 0.15) is 0 Å². The number of aryl methyl sites for hydroxylation is 2. The van der Waals surface area contributed by atoms with E-state index in [1.165, 1.54) is 4.57 Å². The van der Waals surface area contributed by atoms with E-state index < -0.39 is 5.91 Å². The molecule has 8 heteroatoms. The fourth-order valence-corrected chi connectivity index (χ4v) is 3.58. The number of fused-ring (bicyclic) bond motifs is 1. The zero-order chi connectivity index (χ0) is 20.3. The lowest BCUT2D eigenvalue weighted by atomic mass is 10.1. The summed E-state index contributed by atoms with van der Waals surface area (Å²) in [6.07, 6.45) is 0. The summed E-state index contributed by atoms with van der Waals surface area (Å²) in [7, 11) is 0. The Morgan fingerprint density at radius 2 is 1.93 bits per heavy atom. The molecule has 2 aromatic carbocycles. The maximum Gasteiger partial charge on any atom is 0.266 e. The van der Waals surface area contributed by atoms with Crippen LogP contribution in [0, 0.1) is 13.8 Å². The molecule has 2 amide bonds. The topological polar surface area (TPSA) is 107 Å². The largest absolute Gasteiger partial charge is 0.368 e. The molecular weight excluding hydrogens is 376 g/mol. The Labute approximate surface area is 166 Å². The molecule has 3 aromatic rings. The van der Waals surface area contributed by atoms with Crippen LogP contribution in [0.15, 0.2) is 52.4 Å². The van der Waals surface area contributed by atoms with Gasteiger partial charge in [0.15, 0.2) is 5.16 Å². The van der Waals surface area contributed by atoms with Crippen molar-refractivity contribution in [1.29, 1.82) is 0 Å². The predicted molar refractivity (Wildman–Crippen MR) is 110 cm³/mol. The van der Waals surface area contributed by atoms with Crippen LogP contribution in [0.2, 0.25) is 0 Å². The van der Waals surface area contributed by atoms with E-state index in [1.807, 2.05) is 38.1 Å². The first-order valence-electron chi connectivity index (χ1n) is 8.64. The maximum atomic E-state index is 13.2. The third-order valence-electron chi connectivity index (χ3n) is 4.14. The van der Waals surface area contributed by atoms with Gasteiger partial charge < -0.3 is 11.1 Å². The Balaban J connectivity index is 2.07. The molecule has 0 aliphatic heterocycles. The molecule has 144 valence electrons.